The molecule has 3 rings (SSSR count). The Labute approximate surface area is 86.8 Å². The third-order valence-electron chi connectivity index (χ3n) is 6.03. The van der Waals surface area contributed by atoms with Gasteiger partial charge in [-0.05, 0) is 42.9 Å². The topological polar surface area (TPSA) is 26.0 Å². The normalized spacial score (nSPS) is 63.1. The largest absolute Gasteiger partial charge is 0.327 e. The zero-order valence-electron chi connectivity index (χ0n) is 9.51. The lowest BCUT2D eigenvalue weighted by Crippen LogP contribution is -2.50. The Morgan fingerprint density at radius 1 is 1.50 bits per heavy atom. The van der Waals surface area contributed by atoms with Gasteiger partial charge in [-0.15, -0.1) is 0 Å². The lowest BCUT2D eigenvalue weighted by atomic mass is 9.61. The summed E-state index contributed by atoms with van der Waals surface area (Å²) in [7, 11) is 0. The lowest BCUT2D eigenvalue weighted by Gasteiger charge is -2.45. The number of fused-ring (bicyclic) bond motifs is 1. The quantitative estimate of drug-likeness (QED) is 0.667. The fourth-order valence-electron chi connectivity index (χ4n) is 5.21. The standard InChI is InChI=1S/C13H21N/c1-5-13(7(2)3)10-8-6-9(11(13)14)12(8,10)4/h8-11H,2,5-6,14H2,1,3-4H3/t8?,9?,10?,11-,12?,13?/m1/s1. The fraction of sp³-hybridized carbons (Fsp3) is 0.846. The highest BCUT2D eigenvalue weighted by atomic mass is 15.0. The van der Waals surface area contributed by atoms with Crippen LogP contribution in [0.2, 0.25) is 0 Å². The third kappa shape index (κ3) is 0.565. The predicted molar refractivity (Wildman–Crippen MR) is 58.7 cm³/mol. The molecule has 14 heavy (non-hydrogen) atoms. The zero-order valence-corrected chi connectivity index (χ0v) is 9.51. The van der Waals surface area contributed by atoms with E-state index in [0.29, 0.717) is 16.9 Å². The van der Waals surface area contributed by atoms with E-state index in [-0.39, 0.29) is 0 Å². The average Bonchev–Trinajstić information content (AvgIpc) is 2.51. The molecule has 3 aliphatic rings. The molecule has 6 atom stereocenters. The van der Waals surface area contributed by atoms with Crippen molar-refractivity contribution in [1.29, 1.82) is 0 Å². The van der Waals surface area contributed by atoms with Gasteiger partial charge in [-0.3, -0.25) is 0 Å². The van der Waals surface area contributed by atoms with Crippen LogP contribution in [0.15, 0.2) is 12.2 Å². The molecule has 0 aromatic carbocycles. The molecule has 0 aromatic rings. The summed E-state index contributed by atoms with van der Waals surface area (Å²) < 4.78 is 0. The predicted octanol–water partition coefficient (Wildman–Crippen LogP) is 2.57. The van der Waals surface area contributed by atoms with Crippen molar-refractivity contribution in [2.75, 3.05) is 0 Å². The van der Waals surface area contributed by atoms with E-state index in [2.05, 4.69) is 27.4 Å². The summed E-state index contributed by atoms with van der Waals surface area (Å²) in [6.45, 7) is 11.1. The molecule has 1 nitrogen and oxygen atoms in total. The first kappa shape index (κ1) is 8.96. The minimum absolute atomic E-state index is 0.294. The van der Waals surface area contributed by atoms with Gasteiger partial charge in [0.15, 0.2) is 0 Å². The average molecular weight is 191 g/mol. The maximum absolute atomic E-state index is 6.45. The molecule has 0 aromatic heterocycles. The van der Waals surface area contributed by atoms with Gasteiger partial charge in [0.25, 0.3) is 0 Å². The second-order valence-corrected chi connectivity index (χ2v) is 5.99. The molecule has 0 bridgehead atoms. The molecule has 0 saturated heterocycles. The lowest BCUT2D eigenvalue weighted by molar-refractivity contribution is 0.101. The summed E-state index contributed by atoms with van der Waals surface area (Å²) in [5, 5.41) is 0. The van der Waals surface area contributed by atoms with Crippen LogP contribution in [-0.2, 0) is 0 Å². The number of hydrogen-bond acceptors (Lipinski definition) is 1. The van der Waals surface area contributed by atoms with Crippen LogP contribution in [0.4, 0.5) is 0 Å². The number of hydrogen-bond donors (Lipinski definition) is 1. The summed E-state index contributed by atoms with van der Waals surface area (Å²) >= 11 is 0. The molecule has 0 spiro atoms. The van der Waals surface area contributed by atoms with Crippen molar-refractivity contribution in [2.45, 2.75) is 39.7 Å². The molecular formula is C13H21N. The first-order valence-electron chi connectivity index (χ1n) is 5.92. The van der Waals surface area contributed by atoms with Crippen molar-refractivity contribution in [3.8, 4) is 0 Å². The molecule has 0 aliphatic heterocycles. The van der Waals surface area contributed by atoms with Gasteiger partial charge >= 0.3 is 0 Å². The van der Waals surface area contributed by atoms with E-state index in [9.17, 15) is 0 Å². The molecule has 1 heteroatoms. The van der Waals surface area contributed by atoms with Crippen molar-refractivity contribution in [3.63, 3.8) is 0 Å². The Morgan fingerprint density at radius 3 is 2.43 bits per heavy atom. The van der Waals surface area contributed by atoms with Crippen LogP contribution in [0.25, 0.3) is 0 Å². The molecular weight excluding hydrogens is 170 g/mol. The second kappa shape index (κ2) is 2.11. The van der Waals surface area contributed by atoms with Crippen LogP contribution >= 0.6 is 0 Å². The minimum atomic E-state index is 0.294. The van der Waals surface area contributed by atoms with E-state index in [4.69, 9.17) is 5.73 Å². The molecule has 5 unspecified atom stereocenters. The molecule has 3 saturated carbocycles. The molecule has 0 heterocycles. The SMILES string of the molecule is C=C(C)C1(CC)C2C3CC([C@H]1N)C32C. The maximum atomic E-state index is 6.45. The molecule has 0 amide bonds. The van der Waals surface area contributed by atoms with E-state index in [1.54, 1.807) is 0 Å². The molecule has 3 aliphatic carbocycles. The minimum Gasteiger partial charge on any atom is -0.327 e. The first-order valence-corrected chi connectivity index (χ1v) is 5.92. The Bertz CT molecular complexity index is 321. The van der Waals surface area contributed by atoms with Crippen LogP contribution in [-0.4, -0.2) is 6.04 Å². The van der Waals surface area contributed by atoms with Gasteiger partial charge in [-0.25, -0.2) is 0 Å². The molecule has 2 N–H and O–H groups in total. The van der Waals surface area contributed by atoms with Gasteiger partial charge in [0.05, 0.1) is 0 Å². The van der Waals surface area contributed by atoms with Crippen LogP contribution < -0.4 is 5.73 Å². The van der Waals surface area contributed by atoms with Gasteiger partial charge in [-0.2, -0.15) is 0 Å². The van der Waals surface area contributed by atoms with Gasteiger partial charge in [0.1, 0.15) is 0 Å². The van der Waals surface area contributed by atoms with Crippen molar-refractivity contribution in [3.05, 3.63) is 12.2 Å². The molecule has 3 fully saturated rings. The van der Waals surface area contributed by atoms with E-state index in [1.807, 2.05) is 0 Å². The van der Waals surface area contributed by atoms with Gasteiger partial charge < -0.3 is 5.73 Å². The Morgan fingerprint density at radius 2 is 2.14 bits per heavy atom. The zero-order chi connectivity index (χ0) is 10.3. The summed E-state index contributed by atoms with van der Waals surface area (Å²) in [5.74, 6) is 2.66. The monoisotopic (exact) mass is 191 g/mol. The highest BCUT2D eigenvalue weighted by molar-refractivity contribution is 5.39. The van der Waals surface area contributed by atoms with Crippen molar-refractivity contribution >= 4 is 0 Å². The fourth-order valence-corrected chi connectivity index (χ4v) is 5.21. The van der Waals surface area contributed by atoms with E-state index in [1.165, 1.54) is 18.4 Å². The van der Waals surface area contributed by atoms with Gasteiger partial charge in [0, 0.05) is 11.5 Å². The van der Waals surface area contributed by atoms with Crippen LogP contribution in [0, 0.1) is 28.6 Å². The highest BCUT2D eigenvalue weighted by Crippen LogP contribution is 2.87. The molecule has 0 radical (unpaired) electrons. The number of nitrogens with two attached hydrogens (primary N) is 1. The summed E-state index contributed by atoms with van der Waals surface area (Å²) in [6, 6.07) is 0.394. The van der Waals surface area contributed by atoms with Crippen molar-refractivity contribution in [2.24, 2.45) is 34.3 Å². The Kier molecular flexibility index (Phi) is 1.35. The maximum Gasteiger partial charge on any atom is 0.0170 e. The van der Waals surface area contributed by atoms with Crippen molar-refractivity contribution < 1.29 is 0 Å². The van der Waals surface area contributed by atoms with E-state index < -0.39 is 0 Å². The highest BCUT2D eigenvalue weighted by Gasteiger charge is 2.85. The summed E-state index contributed by atoms with van der Waals surface area (Å²) in [5.41, 5.74) is 8.71. The van der Waals surface area contributed by atoms with Crippen LogP contribution in [0.1, 0.15) is 33.6 Å². The van der Waals surface area contributed by atoms with Crippen LogP contribution in [0.5, 0.6) is 0 Å². The van der Waals surface area contributed by atoms with E-state index in [0.717, 1.165) is 17.8 Å². The Hall–Kier alpha value is -0.300. The smallest absolute Gasteiger partial charge is 0.0170 e. The van der Waals surface area contributed by atoms with Gasteiger partial charge in [0.2, 0.25) is 0 Å². The van der Waals surface area contributed by atoms with E-state index >= 15 is 0 Å². The van der Waals surface area contributed by atoms with Crippen molar-refractivity contribution in [1.82, 2.24) is 0 Å². The second-order valence-electron chi connectivity index (χ2n) is 5.99. The summed E-state index contributed by atoms with van der Waals surface area (Å²) in [4.78, 5) is 0. The third-order valence-corrected chi connectivity index (χ3v) is 6.03. The van der Waals surface area contributed by atoms with Crippen LogP contribution in [0.3, 0.4) is 0 Å². The number of rotatable bonds is 2. The molecule has 78 valence electrons. The van der Waals surface area contributed by atoms with Gasteiger partial charge in [-0.1, -0.05) is 26.0 Å². The Balaban J connectivity index is 2.06. The first-order chi connectivity index (χ1) is 6.51. The summed E-state index contributed by atoms with van der Waals surface area (Å²) in [6.07, 6.45) is 2.59.